The predicted octanol–water partition coefficient (Wildman–Crippen LogP) is 0.0893. The van der Waals surface area contributed by atoms with Crippen molar-refractivity contribution < 1.29 is 9.59 Å². The number of amides is 2. The Morgan fingerprint density at radius 1 is 1.42 bits per heavy atom. The van der Waals surface area contributed by atoms with Crippen molar-refractivity contribution in [2.24, 2.45) is 5.73 Å². The quantitative estimate of drug-likeness (QED) is 0.580. The summed E-state index contributed by atoms with van der Waals surface area (Å²) < 4.78 is 0. The molecule has 1 rings (SSSR count). The van der Waals surface area contributed by atoms with Crippen molar-refractivity contribution >= 4 is 23.3 Å². The Morgan fingerprint density at radius 2 is 2.11 bits per heavy atom. The Kier molecular flexibility index (Phi) is 5.11. The molecule has 2 amide bonds. The van der Waals surface area contributed by atoms with E-state index in [1.807, 2.05) is 13.8 Å². The van der Waals surface area contributed by atoms with E-state index in [2.05, 4.69) is 15.6 Å². The number of aromatic nitrogens is 1. The summed E-state index contributed by atoms with van der Waals surface area (Å²) in [5.74, 6) is -0.200. The van der Waals surface area contributed by atoms with Gasteiger partial charge in [-0.15, -0.1) is 0 Å². The molecule has 0 unspecified atom stereocenters. The number of primary amides is 1. The fourth-order valence-corrected chi connectivity index (χ4v) is 1.47. The van der Waals surface area contributed by atoms with Gasteiger partial charge < -0.3 is 22.1 Å². The lowest BCUT2D eigenvalue weighted by Gasteiger charge is -2.10. The van der Waals surface area contributed by atoms with Crippen LogP contribution in [0.3, 0.4) is 0 Å². The number of anilines is 2. The number of carbonyl (C=O) groups is 2. The molecule has 0 radical (unpaired) electrons. The topological polar surface area (TPSA) is 123 Å². The smallest absolute Gasteiger partial charge is 0.250 e. The van der Waals surface area contributed by atoms with E-state index in [1.165, 1.54) is 12.3 Å². The number of carbonyl (C=O) groups excluding carboxylic acids is 2. The lowest BCUT2D eigenvalue weighted by molar-refractivity contribution is -0.121. The fourth-order valence-electron chi connectivity index (χ4n) is 1.47. The van der Waals surface area contributed by atoms with Crippen LogP contribution in [0, 0.1) is 0 Å². The number of nitrogen functional groups attached to an aromatic ring is 1. The number of pyridine rings is 1. The molecule has 0 aromatic carbocycles. The Morgan fingerprint density at radius 3 is 2.68 bits per heavy atom. The summed E-state index contributed by atoms with van der Waals surface area (Å²) in [6.07, 6.45) is 1.67. The van der Waals surface area contributed by atoms with Gasteiger partial charge in [-0.2, -0.15) is 0 Å². The number of hydrogen-bond acceptors (Lipinski definition) is 5. The summed E-state index contributed by atoms with van der Waals surface area (Å²) in [7, 11) is 0. The van der Waals surface area contributed by atoms with Gasteiger partial charge in [0.25, 0.3) is 5.91 Å². The number of nitrogens with one attached hydrogen (secondary N) is 2. The SMILES string of the molecule is CC(C)NC(=O)CCNc1cc(C(N)=O)c(N)cn1. The van der Waals surface area contributed by atoms with Gasteiger partial charge in [-0.05, 0) is 19.9 Å². The van der Waals surface area contributed by atoms with Gasteiger partial charge in [0, 0.05) is 19.0 Å². The summed E-state index contributed by atoms with van der Waals surface area (Å²) in [4.78, 5) is 26.5. The zero-order valence-electron chi connectivity index (χ0n) is 11.1. The van der Waals surface area contributed by atoms with Crippen LogP contribution in [0.2, 0.25) is 0 Å². The average Bonchev–Trinajstić information content (AvgIpc) is 2.30. The van der Waals surface area contributed by atoms with Crippen molar-refractivity contribution in [2.45, 2.75) is 26.3 Å². The molecule has 0 saturated carbocycles. The van der Waals surface area contributed by atoms with Gasteiger partial charge in [-0.25, -0.2) is 4.98 Å². The Balaban J connectivity index is 2.52. The minimum atomic E-state index is -0.611. The van der Waals surface area contributed by atoms with Crippen molar-refractivity contribution in [3.8, 4) is 0 Å². The normalized spacial score (nSPS) is 10.3. The molecule has 0 aliphatic carbocycles. The molecule has 1 aromatic rings. The highest BCUT2D eigenvalue weighted by Crippen LogP contribution is 2.13. The van der Waals surface area contributed by atoms with Gasteiger partial charge in [0.15, 0.2) is 0 Å². The molecule has 0 fully saturated rings. The highest BCUT2D eigenvalue weighted by molar-refractivity contribution is 5.98. The van der Waals surface area contributed by atoms with E-state index in [0.29, 0.717) is 18.8 Å². The van der Waals surface area contributed by atoms with Crippen molar-refractivity contribution in [1.29, 1.82) is 0 Å². The molecular weight excluding hydrogens is 246 g/mol. The van der Waals surface area contributed by atoms with E-state index in [0.717, 1.165) is 0 Å². The van der Waals surface area contributed by atoms with E-state index in [9.17, 15) is 9.59 Å². The van der Waals surface area contributed by atoms with Gasteiger partial charge in [0.2, 0.25) is 5.91 Å². The van der Waals surface area contributed by atoms with E-state index in [1.54, 1.807) is 0 Å². The molecule has 0 aliphatic heterocycles. The summed E-state index contributed by atoms with van der Waals surface area (Å²) in [6, 6.07) is 1.58. The molecule has 7 nitrogen and oxygen atoms in total. The molecule has 0 saturated heterocycles. The second kappa shape index (κ2) is 6.58. The zero-order valence-corrected chi connectivity index (χ0v) is 11.1. The highest BCUT2D eigenvalue weighted by Gasteiger charge is 2.08. The first kappa shape index (κ1) is 14.7. The highest BCUT2D eigenvalue weighted by atomic mass is 16.2. The third-order valence-electron chi connectivity index (χ3n) is 2.31. The van der Waals surface area contributed by atoms with Crippen LogP contribution in [0.25, 0.3) is 0 Å². The summed E-state index contributed by atoms with van der Waals surface area (Å²) in [5, 5.41) is 5.71. The molecule has 0 bridgehead atoms. The van der Waals surface area contributed by atoms with Gasteiger partial charge in [-0.3, -0.25) is 9.59 Å². The van der Waals surface area contributed by atoms with Crippen molar-refractivity contribution in [3.05, 3.63) is 17.8 Å². The maximum absolute atomic E-state index is 11.4. The molecule has 0 aliphatic rings. The van der Waals surface area contributed by atoms with Crippen molar-refractivity contribution in [2.75, 3.05) is 17.6 Å². The van der Waals surface area contributed by atoms with E-state index >= 15 is 0 Å². The maximum Gasteiger partial charge on any atom is 0.250 e. The second-order valence-corrected chi connectivity index (χ2v) is 4.42. The summed E-state index contributed by atoms with van der Waals surface area (Å²) >= 11 is 0. The fraction of sp³-hybridized carbons (Fsp3) is 0.417. The van der Waals surface area contributed by atoms with Crippen LogP contribution in [0.15, 0.2) is 12.3 Å². The van der Waals surface area contributed by atoms with Crippen LogP contribution in [0.5, 0.6) is 0 Å². The lowest BCUT2D eigenvalue weighted by atomic mass is 10.2. The van der Waals surface area contributed by atoms with Crippen LogP contribution in [-0.2, 0) is 4.79 Å². The Hall–Kier alpha value is -2.31. The molecule has 6 N–H and O–H groups in total. The molecule has 7 heteroatoms. The minimum absolute atomic E-state index is 0.0481. The molecule has 0 spiro atoms. The van der Waals surface area contributed by atoms with Gasteiger partial charge in [-0.1, -0.05) is 0 Å². The standard InChI is InChI=1S/C12H19N5O2/c1-7(2)17-11(18)3-4-15-10-5-8(12(14)19)9(13)6-16-10/h5-7H,3-4,13H2,1-2H3,(H2,14,19)(H,15,16)(H,17,18). The first-order chi connectivity index (χ1) is 8.90. The van der Waals surface area contributed by atoms with E-state index in [4.69, 9.17) is 11.5 Å². The van der Waals surface area contributed by atoms with Gasteiger partial charge >= 0.3 is 0 Å². The molecule has 0 atom stereocenters. The molecule has 104 valence electrons. The van der Waals surface area contributed by atoms with Gasteiger partial charge in [0.05, 0.1) is 17.4 Å². The van der Waals surface area contributed by atoms with Crippen molar-refractivity contribution in [3.63, 3.8) is 0 Å². The number of hydrogen-bond donors (Lipinski definition) is 4. The first-order valence-corrected chi connectivity index (χ1v) is 5.98. The van der Waals surface area contributed by atoms with Crippen LogP contribution < -0.4 is 22.1 Å². The van der Waals surface area contributed by atoms with Crippen LogP contribution in [-0.4, -0.2) is 29.4 Å². The van der Waals surface area contributed by atoms with Gasteiger partial charge in [0.1, 0.15) is 5.82 Å². The van der Waals surface area contributed by atoms with E-state index in [-0.39, 0.29) is 23.2 Å². The maximum atomic E-state index is 11.4. The van der Waals surface area contributed by atoms with Crippen LogP contribution in [0.1, 0.15) is 30.6 Å². The Labute approximate surface area is 111 Å². The third-order valence-corrected chi connectivity index (χ3v) is 2.31. The zero-order chi connectivity index (χ0) is 14.4. The summed E-state index contributed by atoms with van der Waals surface area (Å²) in [5.41, 5.74) is 11.2. The number of rotatable bonds is 6. The molecular formula is C12H19N5O2. The Bertz CT molecular complexity index is 473. The average molecular weight is 265 g/mol. The van der Waals surface area contributed by atoms with E-state index < -0.39 is 5.91 Å². The third kappa shape index (κ3) is 4.82. The molecule has 1 aromatic heterocycles. The van der Waals surface area contributed by atoms with Crippen LogP contribution >= 0.6 is 0 Å². The number of nitrogens with zero attached hydrogens (tertiary/aromatic N) is 1. The minimum Gasteiger partial charge on any atom is -0.397 e. The monoisotopic (exact) mass is 265 g/mol. The lowest BCUT2D eigenvalue weighted by Crippen LogP contribution is -2.31. The first-order valence-electron chi connectivity index (χ1n) is 5.98. The summed E-state index contributed by atoms with van der Waals surface area (Å²) in [6.45, 7) is 4.20. The second-order valence-electron chi connectivity index (χ2n) is 4.42. The van der Waals surface area contributed by atoms with Crippen molar-refractivity contribution in [1.82, 2.24) is 10.3 Å². The van der Waals surface area contributed by atoms with Crippen LogP contribution in [0.4, 0.5) is 11.5 Å². The number of nitrogens with two attached hydrogens (primary N) is 2. The molecule has 19 heavy (non-hydrogen) atoms. The molecule has 1 heterocycles. The largest absolute Gasteiger partial charge is 0.397 e. The predicted molar refractivity (Wildman–Crippen MR) is 73.6 cm³/mol.